The van der Waals surface area contributed by atoms with Gasteiger partial charge in [-0.3, -0.25) is 4.79 Å². The van der Waals surface area contributed by atoms with Crippen LogP contribution < -0.4 is 0 Å². The molecule has 2 saturated carbocycles. The number of amides is 1. The maximum Gasteiger partial charge on any atom is 0.223 e. The first kappa shape index (κ1) is 14.9. The Labute approximate surface area is 118 Å². The first-order chi connectivity index (χ1) is 8.90. The molecule has 0 aliphatic heterocycles. The predicted molar refractivity (Wildman–Crippen MR) is 80.0 cm³/mol. The standard InChI is InChI=1S/C17H31NO/c1-5-13-6-8-14(9-7-13)18(15-10-11-15)16(19)12-17(2,3)4/h13-15H,5-12H2,1-4H3. The van der Waals surface area contributed by atoms with E-state index >= 15 is 0 Å². The van der Waals surface area contributed by atoms with Gasteiger partial charge in [-0.15, -0.1) is 0 Å². The Morgan fingerprint density at radius 2 is 1.47 bits per heavy atom. The molecule has 2 heteroatoms. The van der Waals surface area contributed by atoms with Gasteiger partial charge in [0.15, 0.2) is 0 Å². The number of carbonyl (C=O) groups excluding carboxylic acids is 1. The molecule has 0 bridgehead atoms. The lowest BCUT2D eigenvalue weighted by atomic mass is 9.83. The average molecular weight is 265 g/mol. The van der Waals surface area contributed by atoms with Crippen LogP contribution in [-0.4, -0.2) is 22.9 Å². The first-order valence-electron chi connectivity index (χ1n) is 8.22. The first-order valence-corrected chi connectivity index (χ1v) is 8.22. The van der Waals surface area contributed by atoms with Crippen LogP contribution in [0.5, 0.6) is 0 Å². The summed E-state index contributed by atoms with van der Waals surface area (Å²) in [5.41, 5.74) is 0.116. The molecule has 0 aromatic heterocycles. The topological polar surface area (TPSA) is 20.3 Å². The Bertz CT molecular complexity index is 306. The predicted octanol–water partition coefficient (Wildman–Crippen LogP) is 4.38. The van der Waals surface area contributed by atoms with Crippen LogP contribution in [-0.2, 0) is 4.79 Å². The van der Waals surface area contributed by atoms with Crippen LogP contribution in [0.2, 0.25) is 0 Å². The quantitative estimate of drug-likeness (QED) is 0.738. The van der Waals surface area contributed by atoms with Gasteiger partial charge in [0, 0.05) is 18.5 Å². The summed E-state index contributed by atoms with van der Waals surface area (Å²) in [5, 5.41) is 0. The van der Waals surface area contributed by atoms with Gasteiger partial charge in [0.05, 0.1) is 0 Å². The number of hydrogen-bond donors (Lipinski definition) is 0. The zero-order valence-corrected chi connectivity index (χ0v) is 13.2. The third-order valence-corrected chi connectivity index (χ3v) is 4.70. The summed E-state index contributed by atoms with van der Waals surface area (Å²) >= 11 is 0. The van der Waals surface area contributed by atoms with Crippen LogP contribution in [0.3, 0.4) is 0 Å². The lowest BCUT2D eigenvalue weighted by Gasteiger charge is -2.38. The summed E-state index contributed by atoms with van der Waals surface area (Å²) in [4.78, 5) is 14.9. The molecule has 0 spiro atoms. The summed E-state index contributed by atoms with van der Waals surface area (Å²) in [6, 6.07) is 1.13. The van der Waals surface area contributed by atoms with E-state index in [9.17, 15) is 4.79 Å². The number of carbonyl (C=O) groups is 1. The molecule has 2 aliphatic rings. The van der Waals surface area contributed by atoms with E-state index in [1.165, 1.54) is 44.9 Å². The second-order valence-corrected chi connectivity index (χ2v) is 7.85. The lowest BCUT2D eigenvalue weighted by Crippen LogP contribution is -2.44. The normalized spacial score (nSPS) is 28.2. The van der Waals surface area contributed by atoms with Crippen molar-refractivity contribution < 1.29 is 4.79 Å². The average Bonchev–Trinajstić information content (AvgIpc) is 3.12. The van der Waals surface area contributed by atoms with Crippen molar-refractivity contribution in [2.75, 3.05) is 0 Å². The van der Waals surface area contributed by atoms with Crippen molar-refractivity contribution in [2.45, 2.75) is 91.1 Å². The second kappa shape index (κ2) is 5.85. The van der Waals surface area contributed by atoms with E-state index in [1.54, 1.807) is 0 Å². The maximum absolute atomic E-state index is 12.6. The van der Waals surface area contributed by atoms with Gasteiger partial charge in [-0.25, -0.2) is 0 Å². The highest BCUT2D eigenvalue weighted by Gasteiger charge is 2.39. The van der Waals surface area contributed by atoms with Crippen molar-refractivity contribution in [2.24, 2.45) is 11.3 Å². The van der Waals surface area contributed by atoms with Gasteiger partial charge in [-0.2, -0.15) is 0 Å². The zero-order chi connectivity index (χ0) is 14.0. The Balaban J connectivity index is 1.95. The molecule has 0 aromatic rings. The molecule has 2 rings (SSSR count). The van der Waals surface area contributed by atoms with Crippen LogP contribution in [0.1, 0.15) is 79.1 Å². The van der Waals surface area contributed by atoms with Gasteiger partial charge in [-0.05, 0) is 49.9 Å². The zero-order valence-electron chi connectivity index (χ0n) is 13.2. The van der Waals surface area contributed by atoms with Gasteiger partial charge in [-0.1, -0.05) is 34.1 Å². The highest BCUT2D eigenvalue weighted by atomic mass is 16.2. The van der Waals surface area contributed by atoms with E-state index in [0.29, 0.717) is 24.4 Å². The summed E-state index contributed by atoms with van der Waals surface area (Å²) in [6.45, 7) is 8.81. The van der Waals surface area contributed by atoms with Crippen molar-refractivity contribution >= 4 is 5.91 Å². The Kier molecular flexibility index (Phi) is 4.58. The molecule has 0 aromatic carbocycles. The van der Waals surface area contributed by atoms with Crippen molar-refractivity contribution in [1.29, 1.82) is 0 Å². The minimum Gasteiger partial charge on any atom is -0.337 e. The van der Waals surface area contributed by atoms with Gasteiger partial charge < -0.3 is 4.90 Å². The van der Waals surface area contributed by atoms with Gasteiger partial charge in [0.2, 0.25) is 5.91 Å². The van der Waals surface area contributed by atoms with Gasteiger partial charge >= 0.3 is 0 Å². The fourth-order valence-electron chi connectivity index (χ4n) is 3.43. The molecule has 0 atom stereocenters. The number of rotatable bonds is 4. The fraction of sp³-hybridized carbons (Fsp3) is 0.941. The van der Waals surface area contributed by atoms with Crippen molar-refractivity contribution in [3.63, 3.8) is 0 Å². The number of nitrogens with zero attached hydrogens (tertiary/aromatic N) is 1. The Morgan fingerprint density at radius 3 is 1.84 bits per heavy atom. The molecule has 0 radical (unpaired) electrons. The highest BCUT2D eigenvalue weighted by molar-refractivity contribution is 5.78. The van der Waals surface area contributed by atoms with E-state index in [4.69, 9.17) is 0 Å². The molecule has 0 N–H and O–H groups in total. The molecule has 2 fully saturated rings. The summed E-state index contributed by atoms with van der Waals surface area (Å²) < 4.78 is 0. The van der Waals surface area contributed by atoms with Crippen LogP contribution in [0.4, 0.5) is 0 Å². The van der Waals surface area contributed by atoms with E-state index in [-0.39, 0.29) is 5.41 Å². The van der Waals surface area contributed by atoms with Crippen LogP contribution >= 0.6 is 0 Å². The van der Waals surface area contributed by atoms with Crippen molar-refractivity contribution in [1.82, 2.24) is 4.90 Å². The Morgan fingerprint density at radius 1 is 1.00 bits per heavy atom. The van der Waals surface area contributed by atoms with Crippen LogP contribution in [0, 0.1) is 11.3 Å². The third-order valence-electron chi connectivity index (χ3n) is 4.70. The van der Waals surface area contributed by atoms with Crippen molar-refractivity contribution in [3.05, 3.63) is 0 Å². The smallest absolute Gasteiger partial charge is 0.223 e. The summed E-state index contributed by atoms with van der Waals surface area (Å²) in [6.07, 6.45) is 9.63. The number of hydrogen-bond acceptors (Lipinski definition) is 1. The minimum atomic E-state index is 0.116. The van der Waals surface area contributed by atoms with E-state index in [0.717, 1.165) is 5.92 Å². The second-order valence-electron chi connectivity index (χ2n) is 7.85. The molecule has 0 unspecified atom stereocenters. The molecule has 1 amide bonds. The SMILES string of the molecule is CCC1CCC(N(C(=O)CC(C)(C)C)C2CC2)CC1. The molecular weight excluding hydrogens is 234 g/mol. The molecule has 110 valence electrons. The molecule has 2 aliphatic carbocycles. The van der Waals surface area contributed by atoms with E-state index in [2.05, 4.69) is 32.6 Å². The van der Waals surface area contributed by atoms with Gasteiger partial charge in [0.1, 0.15) is 0 Å². The van der Waals surface area contributed by atoms with Crippen molar-refractivity contribution in [3.8, 4) is 0 Å². The van der Waals surface area contributed by atoms with Crippen LogP contribution in [0.25, 0.3) is 0 Å². The highest BCUT2D eigenvalue weighted by Crippen LogP contribution is 2.37. The molecule has 0 heterocycles. The maximum atomic E-state index is 12.6. The Hall–Kier alpha value is -0.530. The van der Waals surface area contributed by atoms with Gasteiger partial charge in [0.25, 0.3) is 0 Å². The monoisotopic (exact) mass is 265 g/mol. The molecule has 2 nitrogen and oxygen atoms in total. The molecule has 19 heavy (non-hydrogen) atoms. The molecule has 0 saturated heterocycles. The largest absolute Gasteiger partial charge is 0.337 e. The lowest BCUT2D eigenvalue weighted by molar-refractivity contribution is -0.137. The summed E-state index contributed by atoms with van der Waals surface area (Å²) in [7, 11) is 0. The van der Waals surface area contributed by atoms with E-state index in [1.807, 2.05) is 0 Å². The van der Waals surface area contributed by atoms with E-state index < -0.39 is 0 Å². The summed E-state index contributed by atoms with van der Waals surface area (Å²) in [5.74, 6) is 1.32. The molecular formula is C17H31NO. The third kappa shape index (κ3) is 4.22. The minimum absolute atomic E-state index is 0.116. The van der Waals surface area contributed by atoms with Crippen LogP contribution in [0.15, 0.2) is 0 Å². The fourth-order valence-corrected chi connectivity index (χ4v) is 3.43.